The molecule has 1 aliphatic rings. The van der Waals surface area contributed by atoms with E-state index < -0.39 is 0 Å². The highest BCUT2D eigenvalue weighted by Crippen LogP contribution is 2.31. The summed E-state index contributed by atoms with van der Waals surface area (Å²) in [5.41, 5.74) is 1.14. The van der Waals surface area contributed by atoms with E-state index >= 15 is 0 Å². The molecule has 1 aromatic carbocycles. The highest BCUT2D eigenvalue weighted by atomic mass is 35.5. The van der Waals surface area contributed by atoms with Crippen molar-refractivity contribution < 1.29 is 0 Å². The van der Waals surface area contributed by atoms with Gasteiger partial charge in [0.15, 0.2) is 0 Å². The zero-order valence-electron chi connectivity index (χ0n) is 8.76. The van der Waals surface area contributed by atoms with Crippen molar-refractivity contribution in [2.75, 3.05) is 6.54 Å². The smallest absolute Gasteiger partial charge is 0.0627 e. The van der Waals surface area contributed by atoms with Crippen molar-refractivity contribution in [1.82, 2.24) is 5.32 Å². The lowest BCUT2D eigenvalue weighted by molar-refractivity contribution is 0.612. The molecule has 3 heteroatoms. The van der Waals surface area contributed by atoms with Gasteiger partial charge in [0.2, 0.25) is 0 Å². The third kappa shape index (κ3) is 2.87. The molecule has 0 saturated heterocycles. The summed E-state index contributed by atoms with van der Waals surface area (Å²) in [7, 11) is 0. The maximum absolute atomic E-state index is 6.16. The van der Waals surface area contributed by atoms with E-state index in [-0.39, 0.29) is 0 Å². The first kappa shape index (κ1) is 11.3. The number of benzene rings is 1. The van der Waals surface area contributed by atoms with Crippen LogP contribution in [0.15, 0.2) is 18.2 Å². The summed E-state index contributed by atoms with van der Waals surface area (Å²) >= 11 is 12.1. The van der Waals surface area contributed by atoms with Crippen LogP contribution in [0.5, 0.6) is 0 Å². The van der Waals surface area contributed by atoms with E-state index in [4.69, 9.17) is 23.2 Å². The van der Waals surface area contributed by atoms with Crippen molar-refractivity contribution in [2.24, 2.45) is 0 Å². The minimum atomic E-state index is 0.414. The Morgan fingerprint density at radius 1 is 1.40 bits per heavy atom. The van der Waals surface area contributed by atoms with Crippen LogP contribution in [0.25, 0.3) is 0 Å². The normalized spacial score (nSPS) is 17.8. The zero-order chi connectivity index (χ0) is 10.8. The van der Waals surface area contributed by atoms with Crippen molar-refractivity contribution in [3.63, 3.8) is 0 Å². The molecular weight excluding hydrogens is 229 g/mol. The summed E-state index contributed by atoms with van der Waals surface area (Å²) in [6, 6.07) is 6.57. The van der Waals surface area contributed by atoms with Crippen LogP contribution in [-0.4, -0.2) is 12.6 Å². The van der Waals surface area contributed by atoms with E-state index in [1.807, 2.05) is 18.2 Å². The van der Waals surface area contributed by atoms with Gasteiger partial charge >= 0.3 is 0 Å². The summed E-state index contributed by atoms with van der Waals surface area (Å²) in [6.07, 6.45) is 2.63. The lowest BCUT2D eigenvalue weighted by atomic mass is 10.0. The van der Waals surface area contributed by atoms with Crippen molar-refractivity contribution in [1.29, 1.82) is 0 Å². The fourth-order valence-corrected chi connectivity index (χ4v) is 2.14. The Morgan fingerprint density at radius 3 is 2.80 bits per heavy atom. The van der Waals surface area contributed by atoms with Gasteiger partial charge in [-0.1, -0.05) is 42.3 Å². The summed E-state index contributed by atoms with van der Waals surface area (Å²) in [4.78, 5) is 0. The summed E-state index contributed by atoms with van der Waals surface area (Å²) in [6.45, 7) is 3.15. The number of hydrogen-bond donors (Lipinski definition) is 1. The van der Waals surface area contributed by atoms with E-state index in [0.717, 1.165) is 18.2 Å². The molecule has 1 aliphatic carbocycles. The van der Waals surface area contributed by atoms with Crippen LogP contribution in [0.3, 0.4) is 0 Å². The molecular formula is C12H15Cl2N. The van der Waals surface area contributed by atoms with Gasteiger partial charge in [0.25, 0.3) is 0 Å². The molecule has 2 rings (SSSR count). The predicted octanol–water partition coefficient (Wildman–Crippen LogP) is 3.85. The van der Waals surface area contributed by atoms with Crippen LogP contribution in [0.1, 0.15) is 31.2 Å². The Kier molecular flexibility index (Phi) is 3.55. The van der Waals surface area contributed by atoms with Crippen LogP contribution >= 0.6 is 23.2 Å². The molecule has 0 aromatic heterocycles. The molecule has 1 saturated carbocycles. The van der Waals surface area contributed by atoms with Gasteiger partial charge in [-0.2, -0.15) is 0 Å². The first-order valence-electron chi connectivity index (χ1n) is 5.35. The molecule has 0 heterocycles. The lowest BCUT2D eigenvalue weighted by Crippen LogP contribution is -2.22. The molecule has 0 spiro atoms. The summed E-state index contributed by atoms with van der Waals surface area (Å²) in [5.74, 6) is 0.414. The van der Waals surface area contributed by atoms with Crippen LogP contribution in [0.2, 0.25) is 10.0 Å². The molecule has 1 nitrogen and oxygen atoms in total. The van der Waals surface area contributed by atoms with Gasteiger partial charge in [0.05, 0.1) is 10.0 Å². The second-order valence-electron chi connectivity index (χ2n) is 4.23. The predicted molar refractivity (Wildman–Crippen MR) is 65.9 cm³/mol. The third-order valence-corrected chi connectivity index (χ3v) is 3.64. The average molecular weight is 244 g/mol. The molecule has 1 N–H and O–H groups in total. The van der Waals surface area contributed by atoms with Crippen molar-refractivity contribution in [2.45, 2.75) is 31.7 Å². The molecule has 0 radical (unpaired) electrons. The molecule has 0 aliphatic heterocycles. The van der Waals surface area contributed by atoms with Gasteiger partial charge in [-0.15, -0.1) is 0 Å². The van der Waals surface area contributed by atoms with Crippen LogP contribution in [0.4, 0.5) is 0 Å². The molecule has 1 fully saturated rings. The van der Waals surface area contributed by atoms with Crippen LogP contribution in [0, 0.1) is 0 Å². The molecule has 0 amide bonds. The molecule has 82 valence electrons. The van der Waals surface area contributed by atoms with E-state index in [2.05, 4.69) is 12.2 Å². The van der Waals surface area contributed by atoms with Gasteiger partial charge in [0.1, 0.15) is 0 Å². The quantitative estimate of drug-likeness (QED) is 0.848. The summed E-state index contributed by atoms with van der Waals surface area (Å²) < 4.78 is 0. The molecule has 1 aromatic rings. The fourth-order valence-electron chi connectivity index (χ4n) is 1.64. The Bertz CT molecular complexity index is 347. The van der Waals surface area contributed by atoms with E-state index in [0.29, 0.717) is 16.0 Å². The lowest BCUT2D eigenvalue weighted by Gasteiger charge is -2.14. The summed E-state index contributed by atoms with van der Waals surface area (Å²) in [5, 5.41) is 4.84. The Hall–Kier alpha value is -0.240. The second kappa shape index (κ2) is 4.73. The Labute approximate surface area is 101 Å². The monoisotopic (exact) mass is 243 g/mol. The van der Waals surface area contributed by atoms with E-state index in [1.54, 1.807) is 0 Å². The molecule has 0 bridgehead atoms. The first-order chi connectivity index (χ1) is 7.18. The van der Waals surface area contributed by atoms with Crippen molar-refractivity contribution in [3.05, 3.63) is 33.8 Å². The molecule has 15 heavy (non-hydrogen) atoms. The highest BCUT2D eigenvalue weighted by Gasteiger charge is 2.21. The van der Waals surface area contributed by atoms with Gasteiger partial charge < -0.3 is 5.32 Å². The highest BCUT2D eigenvalue weighted by molar-refractivity contribution is 6.42. The molecule has 1 unspecified atom stereocenters. The standard InChI is InChI=1S/C12H15Cl2N/c1-8(7-15-9-5-6-9)10-3-2-4-11(13)12(10)14/h2-4,8-9,15H,5-7H2,1H3. The van der Waals surface area contributed by atoms with Crippen LogP contribution in [-0.2, 0) is 0 Å². The number of halogens is 2. The molecule has 1 atom stereocenters. The zero-order valence-corrected chi connectivity index (χ0v) is 10.3. The number of hydrogen-bond acceptors (Lipinski definition) is 1. The maximum Gasteiger partial charge on any atom is 0.0627 e. The average Bonchev–Trinajstić information content (AvgIpc) is 3.02. The largest absolute Gasteiger partial charge is 0.313 e. The number of rotatable bonds is 4. The van der Waals surface area contributed by atoms with Crippen LogP contribution < -0.4 is 5.32 Å². The third-order valence-electron chi connectivity index (χ3n) is 2.80. The maximum atomic E-state index is 6.16. The van der Waals surface area contributed by atoms with Gasteiger partial charge in [0, 0.05) is 12.6 Å². The second-order valence-corrected chi connectivity index (χ2v) is 5.01. The van der Waals surface area contributed by atoms with Crippen molar-refractivity contribution >= 4 is 23.2 Å². The minimum Gasteiger partial charge on any atom is -0.313 e. The van der Waals surface area contributed by atoms with Gasteiger partial charge in [-0.3, -0.25) is 0 Å². The Morgan fingerprint density at radius 2 is 2.13 bits per heavy atom. The first-order valence-corrected chi connectivity index (χ1v) is 6.11. The minimum absolute atomic E-state index is 0.414. The number of nitrogens with one attached hydrogen (secondary N) is 1. The topological polar surface area (TPSA) is 12.0 Å². The van der Waals surface area contributed by atoms with Gasteiger partial charge in [-0.25, -0.2) is 0 Å². The van der Waals surface area contributed by atoms with Gasteiger partial charge in [-0.05, 0) is 30.4 Å². The SMILES string of the molecule is CC(CNC1CC1)c1cccc(Cl)c1Cl. The fraction of sp³-hybridized carbons (Fsp3) is 0.500. The Balaban J connectivity index is 2.02. The van der Waals surface area contributed by atoms with E-state index in [1.165, 1.54) is 12.8 Å². The van der Waals surface area contributed by atoms with Crippen molar-refractivity contribution in [3.8, 4) is 0 Å². The van der Waals surface area contributed by atoms with E-state index in [9.17, 15) is 0 Å².